The van der Waals surface area contributed by atoms with Gasteiger partial charge in [0.15, 0.2) is 0 Å². The van der Waals surface area contributed by atoms with Gasteiger partial charge in [0.1, 0.15) is 12.4 Å². The fraction of sp³-hybridized carbons (Fsp3) is 0.667. The molecular formula is C18H30N2O. The van der Waals surface area contributed by atoms with Crippen LogP contribution in [0.5, 0.6) is 5.75 Å². The monoisotopic (exact) mass is 290 g/mol. The van der Waals surface area contributed by atoms with E-state index in [0.717, 1.165) is 25.4 Å². The van der Waals surface area contributed by atoms with Gasteiger partial charge in [0.05, 0.1) is 0 Å². The number of likely N-dealkylation sites (N-methyl/N-ethyl adjacent to an activating group) is 1. The molecule has 21 heavy (non-hydrogen) atoms. The van der Waals surface area contributed by atoms with Crippen molar-refractivity contribution in [2.24, 2.45) is 11.7 Å². The van der Waals surface area contributed by atoms with Gasteiger partial charge in [0.25, 0.3) is 0 Å². The summed E-state index contributed by atoms with van der Waals surface area (Å²) in [5, 5.41) is 0. The van der Waals surface area contributed by atoms with Gasteiger partial charge in [0.2, 0.25) is 0 Å². The van der Waals surface area contributed by atoms with Gasteiger partial charge in [-0.3, -0.25) is 4.90 Å². The van der Waals surface area contributed by atoms with Gasteiger partial charge < -0.3 is 10.5 Å². The molecule has 2 unspecified atom stereocenters. The molecule has 0 aromatic heterocycles. The highest BCUT2D eigenvalue weighted by Crippen LogP contribution is 2.27. The predicted octanol–water partition coefficient (Wildman–Crippen LogP) is 3.13. The Morgan fingerprint density at radius 3 is 2.76 bits per heavy atom. The first-order valence-electron chi connectivity index (χ1n) is 8.22. The topological polar surface area (TPSA) is 38.5 Å². The number of nitrogens with zero attached hydrogens (tertiary/aromatic N) is 1. The molecule has 0 amide bonds. The second-order valence-electron chi connectivity index (χ2n) is 6.45. The lowest BCUT2D eigenvalue weighted by molar-refractivity contribution is 0.115. The molecule has 3 nitrogen and oxygen atoms in total. The third-order valence-electron chi connectivity index (χ3n) is 4.78. The third kappa shape index (κ3) is 4.45. The van der Waals surface area contributed by atoms with Crippen molar-refractivity contribution in [3.63, 3.8) is 0 Å². The molecule has 2 atom stereocenters. The average Bonchev–Trinajstić information content (AvgIpc) is 2.50. The van der Waals surface area contributed by atoms with Crippen molar-refractivity contribution in [2.45, 2.75) is 45.6 Å². The summed E-state index contributed by atoms with van der Waals surface area (Å²) in [5.74, 6) is 1.67. The lowest BCUT2D eigenvalue weighted by Crippen LogP contribution is -2.44. The van der Waals surface area contributed by atoms with Crippen LogP contribution in [0.2, 0.25) is 0 Å². The molecule has 2 rings (SSSR count). The lowest BCUT2D eigenvalue weighted by atomic mass is 9.84. The summed E-state index contributed by atoms with van der Waals surface area (Å²) in [4.78, 5) is 2.45. The molecule has 1 fully saturated rings. The minimum atomic E-state index is 0.631. The Hall–Kier alpha value is -1.06. The summed E-state index contributed by atoms with van der Waals surface area (Å²) in [6.45, 7) is 6.73. The normalized spacial score (nSPS) is 22.5. The van der Waals surface area contributed by atoms with Crippen molar-refractivity contribution in [3.05, 3.63) is 29.3 Å². The Labute approximate surface area is 129 Å². The minimum absolute atomic E-state index is 0.631. The van der Waals surface area contributed by atoms with Crippen molar-refractivity contribution in [2.75, 3.05) is 26.7 Å². The van der Waals surface area contributed by atoms with E-state index < -0.39 is 0 Å². The Morgan fingerprint density at radius 2 is 2.00 bits per heavy atom. The molecule has 0 saturated heterocycles. The van der Waals surface area contributed by atoms with Crippen LogP contribution in [0.1, 0.15) is 36.8 Å². The summed E-state index contributed by atoms with van der Waals surface area (Å²) in [5.41, 5.74) is 8.39. The van der Waals surface area contributed by atoms with Crippen molar-refractivity contribution in [1.29, 1.82) is 0 Å². The standard InChI is InChI=1S/C18H30N2O/c1-14-8-9-15(2)18(12-14)21-11-10-20(3)17-7-5-4-6-16(17)13-19/h8-9,12,16-17H,4-7,10-11,13,19H2,1-3H3. The molecule has 1 aromatic carbocycles. The Balaban J connectivity index is 1.83. The predicted molar refractivity (Wildman–Crippen MR) is 88.8 cm³/mol. The molecule has 0 radical (unpaired) electrons. The number of benzene rings is 1. The highest BCUT2D eigenvalue weighted by Gasteiger charge is 2.26. The second-order valence-corrected chi connectivity index (χ2v) is 6.45. The fourth-order valence-corrected chi connectivity index (χ4v) is 3.37. The van der Waals surface area contributed by atoms with E-state index in [0.29, 0.717) is 12.0 Å². The SMILES string of the molecule is Cc1ccc(C)c(OCCN(C)C2CCCCC2CN)c1. The number of rotatable bonds is 6. The maximum atomic E-state index is 5.98. The quantitative estimate of drug-likeness (QED) is 0.875. The van der Waals surface area contributed by atoms with Gasteiger partial charge in [-0.05, 0) is 63.4 Å². The van der Waals surface area contributed by atoms with Crippen LogP contribution < -0.4 is 10.5 Å². The summed E-state index contributed by atoms with van der Waals surface area (Å²) < 4.78 is 5.98. The van der Waals surface area contributed by atoms with Crippen molar-refractivity contribution < 1.29 is 4.74 Å². The van der Waals surface area contributed by atoms with E-state index in [1.807, 2.05) is 0 Å². The zero-order valence-electron chi connectivity index (χ0n) is 13.8. The molecular weight excluding hydrogens is 260 g/mol. The molecule has 1 aromatic rings. The molecule has 1 saturated carbocycles. The van der Waals surface area contributed by atoms with Crippen LogP contribution in [0.3, 0.4) is 0 Å². The molecule has 0 aliphatic heterocycles. The Kier molecular flexibility index (Phi) is 6.07. The first kappa shape index (κ1) is 16.3. The highest BCUT2D eigenvalue weighted by molar-refractivity contribution is 5.35. The maximum Gasteiger partial charge on any atom is 0.122 e. The third-order valence-corrected chi connectivity index (χ3v) is 4.78. The van der Waals surface area contributed by atoms with E-state index in [2.05, 4.69) is 44.0 Å². The molecule has 1 aliphatic rings. The second kappa shape index (κ2) is 7.81. The van der Waals surface area contributed by atoms with Gasteiger partial charge in [-0.1, -0.05) is 25.0 Å². The van der Waals surface area contributed by atoms with Gasteiger partial charge >= 0.3 is 0 Å². The van der Waals surface area contributed by atoms with Crippen LogP contribution in [0, 0.1) is 19.8 Å². The van der Waals surface area contributed by atoms with E-state index in [9.17, 15) is 0 Å². The average molecular weight is 290 g/mol. The minimum Gasteiger partial charge on any atom is -0.492 e. The Morgan fingerprint density at radius 1 is 1.24 bits per heavy atom. The molecule has 2 N–H and O–H groups in total. The zero-order valence-corrected chi connectivity index (χ0v) is 13.8. The Bertz CT molecular complexity index is 447. The van der Waals surface area contributed by atoms with E-state index >= 15 is 0 Å². The first-order valence-corrected chi connectivity index (χ1v) is 8.22. The summed E-state index contributed by atoms with van der Waals surface area (Å²) in [7, 11) is 2.21. The number of hydrogen-bond donors (Lipinski definition) is 1. The molecule has 118 valence electrons. The molecule has 0 spiro atoms. The molecule has 3 heteroatoms. The van der Waals surface area contributed by atoms with E-state index in [-0.39, 0.29) is 0 Å². The number of ether oxygens (including phenoxy) is 1. The van der Waals surface area contributed by atoms with Crippen LogP contribution in [0.15, 0.2) is 18.2 Å². The van der Waals surface area contributed by atoms with Crippen LogP contribution in [0.25, 0.3) is 0 Å². The summed E-state index contributed by atoms with van der Waals surface area (Å²) in [6, 6.07) is 7.01. The molecule has 0 heterocycles. The van der Waals surface area contributed by atoms with Crippen LogP contribution in [-0.2, 0) is 0 Å². The van der Waals surface area contributed by atoms with Crippen LogP contribution >= 0.6 is 0 Å². The van der Waals surface area contributed by atoms with Gasteiger partial charge in [-0.2, -0.15) is 0 Å². The largest absolute Gasteiger partial charge is 0.492 e. The maximum absolute atomic E-state index is 5.98. The highest BCUT2D eigenvalue weighted by atomic mass is 16.5. The van der Waals surface area contributed by atoms with Gasteiger partial charge in [-0.15, -0.1) is 0 Å². The smallest absolute Gasteiger partial charge is 0.122 e. The summed E-state index contributed by atoms with van der Waals surface area (Å²) in [6.07, 6.45) is 5.24. The number of aryl methyl sites for hydroxylation is 2. The summed E-state index contributed by atoms with van der Waals surface area (Å²) >= 11 is 0. The van der Waals surface area contributed by atoms with Gasteiger partial charge in [-0.25, -0.2) is 0 Å². The number of hydrogen-bond acceptors (Lipinski definition) is 3. The van der Waals surface area contributed by atoms with Crippen molar-refractivity contribution in [3.8, 4) is 5.75 Å². The van der Waals surface area contributed by atoms with Crippen LogP contribution in [0.4, 0.5) is 0 Å². The van der Waals surface area contributed by atoms with E-state index in [4.69, 9.17) is 10.5 Å². The zero-order chi connectivity index (χ0) is 15.2. The van der Waals surface area contributed by atoms with E-state index in [1.54, 1.807) is 0 Å². The van der Waals surface area contributed by atoms with Gasteiger partial charge in [0, 0.05) is 12.6 Å². The fourth-order valence-electron chi connectivity index (χ4n) is 3.37. The molecule has 0 bridgehead atoms. The first-order chi connectivity index (χ1) is 10.1. The van der Waals surface area contributed by atoms with E-state index in [1.165, 1.54) is 36.8 Å². The molecule has 1 aliphatic carbocycles. The van der Waals surface area contributed by atoms with Crippen molar-refractivity contribution >= 4 is 0 Å². The van der Waals surface area contributed by atoms with Crippen LogP contribution in [-0.4, -0.2) is 37.7 Å². The van der Waals surface area contributed by atoms with Crippen molar-refractivity contribution in [1.82, 2.24) is 4.90 Å². The lowest BCUT2D eigenvalue weighted by Gasteiger charge is -2.37. The number of nitrogens with two attached hydrogens (primary N) is 1.